The van der Waals surface area contributed by atoms with E-state index in [1.54, 1.807) is 13.0 Å². The standard InChI is InChI=1S/C23H22N2O7S/c1-3-30-23(29)16-12-18(15-8-5-4-6-9-15)33-22(16)25-20(27)14(2)32-19(26)13-24-21(28)17-10-7-11-31-17/h4-12,14H,3,13H2,1-2H3,(H,24,28)(H,25,27). The number of carbonyl (C=O) groups is 4. The van der Waals surface area contributed by atoms with Crippen molar-refractivity contribution < 1.29 is 33.1 Å². The Hall–Kier alpha value is -3.92. The number of thiophene rings is 1. The quantitative estimate of drug-likeness (QED) is 0.459. The van der Waals surface area contributed by atoms with Crippen LogP contribution >= 0.6 is 11.3 Å². The van der Waals surface area contributed by atoms with Crippen molar-refractivity contribution in [2.75, 3.05) is 18.5 Å². The third kappa shape index (κ3) is 6.30. The highest BCUT2D eigenvalue weighted by Gasteiger charge is 2.24. The number of anilines is 1. The van der Waals surface area contributed by atoms with Crippen LogP contribution in [-0.4, -0.2) is 43.0 Å². The minimum atomic E-state index is -1.17. The molecule has 2 heterocycles. The van der Waals surface area contributed by atoms with Crippen molar-refractivity contribution in [3.8, 4) is 10.4 Å². The average molecular weight is 471 g/mol. The van der Waals surface area contributed by atoms with E-state index in [1.165, 1.54) is 36.7 Å². The first kappa shape index (κ1) is 23.7. The lowest BCUT2D eigenvalue weighted by Gasteiger charge is -2.13. The summed E-state index contributed by atoms with van der Waals surface area (Å²) in [4.78, 5) is 49.6. The fourth-order valence-electron chi connectivity index (χ4n) is 2.74. The predicted molar refractivity (Wildman–Crippen MR) is 121 cm³/mol. The van der Waals surface area contributed by atoms with Crippen LogP contribution in [-0.2, 0) is 19.1 Å². The Morgan fingerprint density at radius 3 is 2.52 bits per heavy atom. The zero-order valence-corrected chi connectivity index (χ0v) is 18.8. The van der Waals surface area contributed by atoms with Crippen LogP contribution in [0.4, 0.5) is 5.00 Å². The Bertz CT molecular complexity index is 1120. The monoisotopic (exact) mass is 470 g/mol. The fourth-order valence-corrected chi connectivity index (χ4v) is 3.80. The number of ether oxygens (including phenoxy) is 2. The third-order valence-corrected chi connectivity index (χ3v) is 5.44. The van der Waals surface area contributed by atoms with Crippen molar-refractivity contribution in [1.82, 2.24) is 5.32 Å². The van der Waals surface area contributed by atoms with E-state index in [4.69, 9.17) is 13.9 Å². The first-order chi connectivity index (χ1) is 15.9. The number of esters is 2. The topological polar surface area (TPSA) is 124 Å². The Balaban J connectivity index is 1.64. The number of nitrogens with one attached hydrogen (secondary N) is 2. The fraction of sp³-hybridized carbons (Fsp3) is 0.217. The van der Waals surface area contributed by atoms with Gasteiger partial charge in [-0.2, -0.15) is 0 Å². The van der Waals surface area contributed by atoms with Gasteiger partial charge in [0, 0.05) is 4.88 Å². The summed E-state index contributed by atoms with van der Waals surface area (Å²) in [6.45, 7) is 2.81. The molecule has 10 heteroatoms. The van der Waals surface area contributed by atoms with Crippen molar-refractivity contribution in [2.24, 2.45) is 0 Å². The summed E-state index contributed by atoms with van der Waals surface area (Å²) in [5.74, 6) is -2.55. The first-order valence-electron chi connectivity index (χ1n) is 10.1. The predicted octanol–water partition coefficient (Wildman–Crippen LogP) is 3.49. The number of furan rings is 1. The minimum Gasteiger partial charge on any atom is -0.462 e. The number of carbonyl (C=O) groups excluding carboxylic acids is 4. The van der Waals surface area contributed by atoms with Crippen LogP contribution in [0.15, 0.2) is 59.2 Å². The molecule has 3 aromatic rings. The van der Waals surface area contributed by atoms with Gasteiger partial charge in [0.05, 0.1) is 18.4 Å². The van der Waals surface area contributed by atoms with Crippen LogP contribution in [0, 0.1) is 0 Å². The van der Waals surface area contributed by atoms with Crippen LogP contribution in [0.25, 0.3) is 10.4 Å². The van der Waals surface area contributed by atoms with Crippen molar-refractivity contribution in [3.05, 3.63) is 66.1 Å². The largest absolute Gasteiger partial charge is 0.462 e. The van der Waals surface area contributed by atoms with Gasteiger partial charge in [-0.25, -0.2) is 4.79 Å². The van der Waals surface area contributed by atoms with Gasteiger partial charge in [0.15, 0.2) is 11.9 Å². The Kier molecular flexibility index (Phi) is 7.98. The van der Waals surface area contributed by atoms with E-state index in [9.17, 15) is 19.2 Å². The normalized spacial score (nSPS) is 11.3. The molecule has 2 N–H and O–H groups in total. The van der Waals surface area contributed by atoms with Gasteiger partial charge >= 0.3 is 11.9 Å². The maximum Gasteiger partial charge on any atom is 0.341 e. The number of amides is 2. The van der Waals surface area contributed by atoms with Crippen LogP contribution in [0.3, 0.4) is 0 Å². The van der Waals surface area contributed by atoms with E-state index in [2.05, 4.69) is 10.6 Å². The summed E-state index contributed by atoms with van der Waals surface area (Å²) >= 11 is 1.20. The van der Waals surface area contributed by atoms with Gasteiger partial charge in [-0.3, -0.25) is 14.4 Å². The maximum absolute atomic E-state index is 12.6. The second-order valence-electron chi connectivity index (χ2n) is 6.72. The van der Waals surface area contributed by atoms with Gasteiger partial charge in [-0.15, -0.1) is 11.3 Å². The van der Waals surface area contributed by atoms with Gasteiger partial charge < -0.3 is 24.5 Å². The minimum absolute atomic E-state index is 0.0481. The van der Waals surface area contributed by atoms with Crippen molar-refractivity contribution >= 4 is 40.1 Å². The summed E-state index contributed by atoms with van der Waals surface area (Å²) < 4.78 is 15.1. The zero-order chi connectivity index (χ0) is 23.8. The Morgan fingerprint density at radius 1 is 1.09 bits per heavy atom. The lowest BCUT2D eigenvalue weighted by molar-refractivity contribution is -0.152. The first-order valence-corrected chi connectivity index (χ1v) is 10.9. The SMILES string of the molecule is CCOC(=O)c1cc(-c2ccccc2)sc1NC(=O)C(C)OC(=O)CNC(=O)c1ccco1. The van der Waals surface area contributed by atoms with Crippen molar-refractivity contribution in [1.29, 1.82) is 0 Å². The Labute approximate surface area is 193 Å². The molecule has 172 valence electrons. The van der Waals surface area contributed by atoms with E-state index in [1.807, 2.05) is 30.3 Å². The van der Waals surface area contributed by atoms with Gasteiger partial charge in [0.1, 0.15) is 11.5 Å². The number of hydrogen-bond acceptors (Lipinski definition) is 8. The molecule has 33 heavy (non-hydrogen) atoms. The van der Waals surface area contributed by atoms with Gasteiger partial charge in [0.25, 0.3) is 11.8 Å². The number of rotatable bonds is 9. The number of benzene rings is 1. The highest BCUT2D eigenvalue weighted by atomic mass is 32.1. The van der Waals surface area contributed by atoms with Crippen LogP contribution in [0.1, 0.15) is 34.8 Å². The molecule has 0 radical (unpaired) electrons. The molecule has 1 unspecified atom stereocenters. The molecule has 0 aliphatic rings. The van der Waals surface area contributed by atoms with Crippen molar-refractivity contribution in [2.45, 2.75) is 20.0 Å². The molecule has 9 nitrogen and oxygen atoms in total. The summed E-state index contributed by atoms with van der Waals surface area (Å²) in [6.07, 6.45) is 0.160. The highest BCUT2D eigenvalue weighted by Crippen LogP contribution is 2.36. The maximum atomic E-state index is 12.6. The number of hydrogen-bond donors (Lipinski definition) is 2. The Morgan fingerprint density at radius 2 is 1.85 bits per heavy atom. The molecule has 0 fully saturated rings. The van der Waals surface area contributed by atoms with Gasteiger partial charge in [0.2, 0.25) is 0 Å². The van der Waals surface area contributed by atoms with E-state index in [0.29, 0.717) is 0 Å². The van der Waals surface area contributed by atoms with Crippen molar-refractivity contribution in [3.63, 3.8) is 0 Å². The summed E-state index contributed by atoms with van der Waals surface area (Å²) in [5.41, 5.74) is 1.08. The second-order valence-corrected chi connectivity index (χ2v) is 7.77. The van der Waals surface area contributed by atoms with Gasteiger partial charge in [-0.1, -0.05) is 30.3 Å². The molecule has 0 aliphatic heterocycles. The van der Waals surface area contributed by atoms with E-state index < -0.39 is 36.4 Å². The van der Waals surface area contributed by atoms with E-state index >= 15 is 0 Å². The molecule has 1 atom stereocenters. The molecule has 2 amide bonds. The lowest BCUT2D eigenvalue weighted by Crippen LogP contribution is -2.35. The molecular formula is C23H22N2O7S. The molecular weight excluding hydrogens is 448 g/mol. The smallest absolute Gasteiger partial charge is 0.341 e. The third-order valence-electron chi connectivity index (χ3n) is 4.34. The summed E-state index contributed by atoms with van der Waals surface area (Å²) in [6, 6.07) is 14.0. The van der Waals surface area contributed by atoms with E-state index in [-0.39, 0.29) is 22.9 Å². The van der Waals surface area contributed by atoms with Gasteiger partial charge in [-0.05, 0) is 37.6 Å². The molecule has 0 aliphatic carbocycles. The lowest BCUT2D eigenvalue weighted by atomic mass is 10.1. The summed E-state index contributed by atoms with van der Waals surface area (Å²) in [7, 11) is 0. The zero-order valence-electron chi connectivity index (χ0n) is 18.0. The molecule has 0 bridgehead atoms. The molecule has 3 rings (SSSR count). The molecule has 2 aromatic heterocycles. The molecule has 0 saturated carbocycles. The highest BCUT2D eigenvalue weighted by molar-refractivity contribution is 7.20. The molecule has 0 spiro atoms. The molecule has 0 saturated heterocycles. The molecule has 1 aromatic carbocycles. The van der Waals surface area contributed by atoms with Crippen LogP contribution in [0.5, 0.6) is 0 Å². The summed E-state index contributed by atoms with van der Waals surface area (Å²) in [5, 5.41) is 5.26. The average Bonchev–Trinajstić information content (AvgIpc) is 3.49. The van der Waals surface area contributed by atoms with Crippen LogP contribution in [0.2, 0.25) is 0 Å². The second kappa shape index (κ2) is 11.1. The van der Waals surface area contributed by atoms with E-state index in [0.717, 1.165) is 10.4 Å². The van der Waals surface area contributed by atoms with Crippen LogP contribution < -0.4 is 10.6 Å².